The number of hydrogen-bond acceptors (Lipinski definition) is 7. The molecule has 3 aromatic rings. The van der Waals surface area contributed by atoms with Crippen LogP contribution < -0.4 is 10.6 Å². The van der Waals surface area contributed by atoms with Crippen molar-refractivity contribution in [3.05, 3.63) is 95.6 Å². The Kier molecular flexibility index (Phi) is 10.8. The van der Waals surface area contributed by atoms with Crippen molar-refractivity contribution in [2.24, 2.45) is 0 Å². The van der Waals surface area contributed by atoms with Crippen LogP contribution in [0, 0.1) is 0 Å². The van der Waals surface area contributed by atoms with Gasteiger partial charge in [-0.15, -0.1) is 0 Å². The zero-order valence-electron chi connectivity index (χ0n) is 27.2. The number of amides is 3. The summed E-state index contributed by atoms with van der Waals surface area (Å²) in [6.07, 6.45) is -0.793. The molecule has 4 rings (SSSR count). The van der Waals surface area contributed by atoms with Crippen molar-refractivity contribution in [2.75, 3.05) is 13.2 Å². The third kappa shape index (κ3) is 7.92. The van der Waals surface area contributed by atoms with E-state index in [4.69, 9.17) is 9.47 Å². The van der Waals surface area contributed by atoms with Gasteiger partial charge < -0.3 is 30.1 Å². The maximum Gasteiger partial charge on any atom is 0.407 e. The van der Waals surface area contributed by atoms with E-state index in [1.807, 2.05) is 48.5 Å². The third-order valence-corrected chi connectivity index (χ3v) is 7.91. The summed E-state index contributed by atoms with van der Waals surface area (Å²) in [6.45, 7) is 9.22. The number of aliphatic hydroxyl groups is 1. The molecule has 3 amide bonds. The molecule has 0 bridgehead atoms. The Labute approximate surface area is 270 Å². The summed E-state index contributed by atoms with van der Waals surface area (Å²) >= 11 is 0. The van der Waals surface area contributed by atoms with E-state index in [-0.39, 0.29) is 12.5 Å². The normalized spacial score (nSPS) is 14.9. The molecule has 46 heavy (non-hydrogen) atoms. The predicted molar refractivity (Wildman–Crippen MR) is 174 cm³/mol. The SMILES string of the molecule is C[C@H](NC(=O)[C@H](C)N(C(=O)[C@H](C)NC(=O)OCC1c2ccccc2-c2ccccc21)C(CO)c1ccccc1)C(=O)OC(C)(C)C. The number of rotatable bonds is 11. The average Bonchev–Trinajstić information content (AvgIpc) is 3.35. The van der Waals surface area contributed by atoms with E-state index in [0.29, 0.717) is 5.56 Å². The number of alkyl carbamates (subject to hydrolysis) is 1. The number of ether oxygens (including phenoxy) is 2. The number of nitrogens with one attached hydrogen (secondary N) is 2. The van der Waals surface area contributed by atoms with Gasteiger partial charge >= 0.3 is 12.1 Å². The maximum absolute atomic E-state index is 14.0. The van der Waals surface area contributed by atoms with Gasteiger partial charge in [0.25, 0.3) is 0 Å². The van der Waals surface area contributed by atoms with Crippen molar-refractivity contribution in [2.45, 2.75) is 77.2 Å². The second-order valence-corrected chi connectivity index (χ2v) is 12.5. The standard InChI is InChI=1S/C36H43N3O7/c1-22(38-35(44)45-21-30-28-18-12-10-16-26(28)27-17-11-13-19-29(27)30)33(42)39(31(20-40)25-14-8-7-9-15-25)24(3)32(41)37-23(2)34(43)46-36(4,5)6/h7-19,22-24,30-31,40H,20-21H2,1-6H3,(H,37,41)(H,38,44)/t22-,23-,24-,31?/m0/s1. The van der Waals surface area contributed by atoms with Crippen LogP contribution in [0.4, 0.5) is 4.79 Å². The van der Waals surface area contributed by atoms with Gasteiger partial charge in [-0.1, -0.05) is 78.9 Å². The Hall–Kier alpha value is -4.70. The Morgan fingerprint density at radius 3 is 1.89 bits per heavy atom. The zero-order valence-corrected chi connectivity index (χ0v) is 27.2. The van der Waals surface area contributed by atoms with Crippen molar-refractivity contribution in [1.29, 1.82) is 0 Å². The number of hydrogen-bond donors (Lipinski definition) is 3. The fourth-order valence-electron chi connectivity index (χ4n) is 5.66. The maximum atomic E-state index is 14.0. The van der Waals surface area contributed by atoms with Gasteiger partial charge in [0.1, 0.15) is 30.3 Å². The fourth-order valence-corrected chi connectivity index (χ4v) is 5.66. The molecule has 244 valence electrons. The summed E-state index contributed by atoms with van der Waals surface area (Å²) in [7, 11) is 0. The van der Waals surface area contributed by atoms with Crippen molar-refractivity contribution < 1.29 is 33.8 Å². The van der Waals surface area contributed by atoms with Gasteiger partial charge in [-0.05, 0) is 69.4 Å². The van der Waals surface area contributed by atoms with Gasteiger partial charge in [0.05, 0.1) is 12.6 Å². The van der Waals surface area contributed by atoms with Crippen LogP contribution in [-0.2, 0) is 23.9 Å². The van der Waals surface area contributed by atoms with Crippen LogP contribution in [0.5, 0.6) is 0 Å². The summed E-state index contributed by atoms with van der Waals surface area (Å²) in [6, 6.07) is 20.6. The zero-order chi connectivity index (χ0) is 33.6. The second-order valence-electron chi connectivity index (χ2n) is 12.5. The number of carbonyl (C=O) groups is 4. The number of aliphatic hydroxyl groups excluding tert-OH is 1. The van der Waals surface area contributed by atoms with Crippen LogP contribution in [0.25, 0.3) is 11.1 Å². The molecule has 0 saturated carbocycles. The molecule has 0 spiro atoms. The topological polar surface area (TPSA) is 134 Å². The van der Waals surface area contributed by atoms with E-state index in [9.17, 15) is 24.3 Å². The first-order valence-electron chi connectivity index (χ1n) is 15.4. The lowest BCUT2D eigenvalue weighted by Crippen LogP contribution is -2.57. The first kappa shape index (κ1) is 34.2. The highest BCUT2D eigenvalue weighted by molar-refractivity contribution is 5.93. The number of benzene rings is 3. The third-order valence-electron chi connectivity index (χ3n) is 7.91. The molecule has 0 heterocycles. The highest BCUT2D eigenvalue weighted by Gasteiger charge is 2.37. The van der Waals surface area contributed by atoms with Crippen LogP contribution in [0.15, 0.2) is 78.9 Å². The van der Waals surface area contributed by atoms with Crippen molar-refractivity contribution in [3.8, 4) is 11.1 Å². The molecule has 0 fully saturated rings. The molecule has 0 aliphatic heterocycles. The number of fused-ring (bicyclic) bond motifs is 3. The summed E-state index contributed by atoms with van der Waals surface area (Å²) < 4.78 is 11.0. The summed E-state index contributed by atoms with van der Waals surface area (Å²) in [5, 5.41) is 15.7. The largest absolute Gasteiger partial charge is 0.458 e. The minimum atomic E-state index is -1.14. The minimum Gasteiger partial charge on any atom is -0.458 e. The molecule has 1 aliphatic carbocycles. The average molecular weight is 630 g/mol. The predicted octanol–water partition coefficient (Wildman–Crippen LogP) is 4.71. The first-order valence-corrected chi connectivity index (χ1v) is 15.4. The molecule has 1 aliphatic rings. The van der Waals surface area contributed by atoms with Gasteiger partial charge in [0.2, 0.25) is 11.8 Å². The van der Waals surface area contributed by atoms with Crippen molar-refractivity contribution >= 4 is 23.9 Å². The number of nitrogens with zero attached hydrogens (tertiary/aromatic N) is 1. The lowest BCUT2D eigenvalue weighted by Gasteiger charge is -2.37. The van der Waals surface area contributed by atoms with E-state index in [1.54, 1.807) is 51.1 Å². The summed E-state index contributed by atoms with van der Waals surface area (Å²) in [5.74, 6) is -2.04. The van der Waals surface area contributed by atoms with Gasteiger partial charge in [0, 0.05) is 5.92 Å². The summed E-state index contributed by atoms with van der Waals surface area (Å²) in [5.41, 5.74) is 4.14. The second kappa shape index (κ2) is 14.6. The minimum absolute atomic E-state index is 0.0646. The first-order chi connectivity index (χ1) is 21.8. The van der Waals surface area contributed by atoms with E-state index in [1.165, 1.54) is 25.7 Å². The van der Waals surface area contributed by atoms with Crippen LogP contribution in [0.2, 0.25) is 0 Å². The van der Waals surface area contributed by atoms with Crippen LogP contribution in [0.3, 0.4) is 0 Å². The van der Waals surface area contributed by atoms with E-state index >= 15 is 0 Å². The molecular formula is C36H43N3O7. The highest BCUT2D eigenvalue weighted by Crippen LogP contribution is 2.44. The van der Waals surface area contributed by atoms with E-state index in [0.717, 1.165) is 22.3 Å². The monoisotopic (exact) mass is 629 g/mol. The van der Waals surface area contributed by atoms with Gasteiger partial charge in [-0.3, -0.25) is 9.59 Å². The van der Waals surface area contributed by atoms with Crippen molar-refractivity contribution in [3.63, 3.8) is 0 Å². The van der Waals surface area contributed by atoms with Gasteiger partial charge in [0.15, 0.2) is 0 Å². The molecule has 0 aromatic heterocycles. The van der Waals surface area contributed by atoms with Crippen molar-refractivity contribution in [1.82, 2.24) is 15.5 Å². The number of carbonyl (C=O) groups excluding carboxylic acids is 4. The lowest BCUT2D eigenvalue weighted by molar-refractivity contribution is -0.158. The Morgan fingerprint density at radius 2 is 1.35 bits per heavy atom. The molecule has 10 heteroatoms. The Bertz CT molecular complexity index is 1510. The quantitative estimate of drug-likeness (QED) is 0.262. The van der Waals surface area contributed by atoms with Crippen LogP contribution >= 0.6 is 0 Å². The molecule has 1 unspecified atom stereocenters. The molecule has 10 nitrogen and oxygen atoms in total. The molecule has 0 saturated heterocycles. The molecule has 4 atom stereocenters. The van der Waals surface area contributed by atoms with E-state index in [2.05, 4.69) is 10.6 Å². The highest BCUT2D eigenvalue weighted by atomic mass is 16.6. The molecule has 3 N–H and O–H groups in total. The Balaban J connectivity index is 1.48. The van der Waals surface area contributed by atoms with Crippen LogP contribution in [0.1, 0.15) is 70.2 Å². The fraction of sp³-hybridized carbons (Fsp3) is 0.389. The van der Waals surface area contributed by atoms with E-state index < -0.39 is 60.3 Å². The molecular weight excluding hydrogens is 586 g/mol. The molecule has 3 aromatic carbocycles. The van der Waals surface area contributed by atoms with Gasteiger partial charge in [-0.2, -0.15) is 0 Å². The van der Waals surface area contributed by atoms with Crippen LogP contribution in [-0.4, -0.2) is 70.8 Å². The summed E-state index contributed by atoms with van der Waals surface area (Å²) in [4.78, 5) is 54.2. The Morgan fingerprint density at radius 1 is 0.804 bits per heavy atom. The smallest absolute Gasteiger partial charge is 0.407 e. The lowest BCUT2D eigenvalue weighted by atomic mass is 9.98. The number of esters is 1. The van der Waals surface area contributed by atoms with Gasteiger partial charge in [-0.25, -0.2) is 9.59 Å². The molecule has 0 radical (unpaired) electrons.